The maximum atomic E-state index is 11.7. The van der Waals surface area contributed by atoms with Gasteiger partial charge in [0.2, 0.25) is 11.9 Å². The molecule has 2 N–H and O–H groups in total. The number of amides is 1. The molecule has 7 heteroatoms. The van der Waals surface area contributed by atoms with Crippen molar-refractivity contribution < 1.29 is 9.53 Å². The molecule has 20 heavy (non-hydrogen) atoms. The van der Waals surface area contributed by atoms with Crippen LogP contribution in [0.1, 0.15) is 13.3 Å². The molecule has 1 rings (SSSR count). The van der Waals surface area contributed by atoms with Crippen LogP contribution in [-0.4, -0.2) is 56.3 Å². The van der Waals surface area contributed by atoms with Crippen molar-refractivity contribution in [1.29, 1.82) is 0 Å². The quantitative estimate of drug-likeness (QED) is 0.642. The van der Waals surface area contributed by atoms with Crippen molar-refractivity contribution in [1.82, 2.24) is 15.3 Å². The van der Waals surface area contributed by atoms with Gasteiger partial charge >= 0.3 is 0 Å². The van der Waals surface area contributed by atoms with Gasteiger partial charge in [-0.15, -0.1) is 0 Å². The average Bonchev–Trinajstić information content (AvgIpc) is 2.45. The zero-order valence-electron chi connectivity index (χ0n) is 12.3. The molecule has 0 fully saturated rings. The molecule has 0 aromatic carbocycles. The van der Waals surface area contributed by atoms with Gasteiger partial charge in [-0.05, 0) is 12.5 Å². The summed E-state index contributed by atoms with van der Waals surface area (Å²) in [6.45, 7) is 4.16. The Morgan fingerprint density at radius 3 is 2.95 bits per heavy atom. The van der Waals surface area contributed by atoms with Crippen LogP contribution in [0.4, 0.5) is 11.8 Å². The van der Waals surface area contributed by atoms with Crippen LogP contribution in [0.25, 0.3) is 0 Å². The van der Waals surface area contributed by atoms with Crippen molar-refractivity contribution in [3.63, 3.8) is 0 Å². The SMILES string of the molecule is CCCNc1nccc(N(C)CC(=O)NCCOC)n1. The number of ether oxygens (including phenoxy) is 1. The molecule has 1 aromatic rings. The third kappa shape index (κ3) is 5.83. The van der Waals surface area contributed by atoms with Crippen molar-refractivity contribution in [2.45, 2.75) is 13.3 Å². The number of hydrogen-bond donors (Lipinski definition) is 2. The summed E-state index contributed by atoms with van der Waals surface area (Å²) in [6, 6.07) is 1.78. The standard InChI is InChI=1S/C13H23N5O2/c1-4-6-15-13-16-7-5-11(17-13)18(2)10-12(19)14-8-9-20-3/h5,7H,4,6,8-10H2,1-3H3,(H,14,19)(H,15,16,17). The van der Waals surface area contributed by atoms with Crippen LogP contribution in [0.15, 0.2) is 12.3 Å². The van der Waals surface area contributed by atoms with Crippen molar-refractivity contribution in [2.24, 2.45) is 0 Å². The highest BCUT2D eigenvalue weighted by atomic mass is 16.5. The molecule has 0 bridgehead atoms. The number of carbonyl (C=O) groups is 1. The summed E-state index contributed by atoms with van der Waals surface area (Å²) < 4.78 is 4.88. The van der Waals surface area contributed by atoms with Gasteiger partial charge in [0.15, 0.2) is 0 Å². The Kier molecular flexibility index (Phi) is 7.34. The van der Waals surface area contributed by atoms with E-state index in [9.17, 15) is 4.79 Å². The second-order valence-corrected chi connectivity index (χ2v) is 4.36. The topological polar surface area (TPSA) is 79.4 Å². The summed E-state index contributed by atoms with van der Waals surface area (Å²) in [6.07, 6.45) is 2.69. The van der Waals surface area contributed by atoms with E-state index in [1.54, 1.807) is 24.3 Å². The third-order valence-corrected chi connectivity index (χ3v) is 2.57. The minimum Gasteiger partial charge on any atom is -0.383 e. The predicted octanol–water partition coefficient (Wildman–Crippen LogP) is 0.497. The number of anilines is 2. The van der Waals surface area contributed by atoms with E-state index >= 15 is 0 Å². The molecule has 0 aliphatic carbocycles. The summed E-state index contributed by atoms with van der Waals surface area (Å²) in [5, 5.41) is 5.89. The van der Waals surface area contributed by atoms with Crippen LogP contribution >= 0.6 is 0 Å². The van der Waals surface area contributed by atoms with E-state index in [1.807, 2.05) is 7.05 Å². The first-order chi connectivity index (χ1) is 9.67. The fourth-order valence-corrected chi connectivity index (χ4v) is 1.53. The minimum absolute atomic E-state index is 0.0637. The lowest BCUT2D eigenvalue weighted by Gasteiger charge is -2.18. The highest BCUT2D eigenvalue weighted by Gasteiger charge is 2.09. The lowest BCUT2D eigenvalue weighted by atomic mass is 10.4. The Balaban J connectivity index is 2.49. The van der Waals surface area contributed by atoms with E-state index < -0.39 is 0 Å². The second-order valence-electron chi connectivity index (χ2n) is 4.36. The summed E-state index contributed by atoms with van der Waals surface area (Å²) in [5.41, 5.74) is 0. The van der Waals surface area contributed by atoms with E-state index in [0.717, 1.165) is 13.0 Å². The molecule has 0 radical (unpaired) electrons. The van der Waals surface area contributed by atoms with Crippen LogP contribution in [0.5, 0.6) is 0 Å². The molecular weight excluding hydrogens is 258 g/mol. The number of nitrogens with one attached hydrogen (secondary N) is 2. The van der Waals surface area contributed by atoms with Gasteiger partial charge in [0.25, 0.3) is 0 Å². The number of rotatable bonds is 9. The van der Waals surface area contributed by atoms with Crippen LogP contribution in [-0.2, 0) is 9.53 Å². The maximum absolute atomic E-state index is 11.7. The van der Waals surface area contributed by atoms with E-state index in [1.165, 1.54) is 0 Å². The Morgan fingerprint density at radius 1 is 1.45 bits per heavy atom. The Bertz CT molecular complexity index is 414. The molecule has 0 atom stereocenters. The highest BCUT2D eigenvalue weighted by molar-refractivity contribution is 5.80. The Hall–Kier alpha value is -1.89. The first kappa shape index (κ1) is 16.2. The second kappa shape index (κ2) is 9.08. The highest BCUT2D eigenvalue weighted by Crippen LogP contribution is 2.09. The molecule has 0 aliphatic rings. The van der Waals surface area contributed by atoms with Crippen LogP contribution < -0.4 is 15.5 Å². The van der Waals surface area contributed by atoms with Crippen molar-refractivity contribution in [3.8, 4) is 0 Å². The van der Waals surface area contributed by atoms with Crippen molar-refractivity contribution >= 4 is 17.7 Å². The molecule has 0 spiro atoms. The van der Waals surface area contributed by atoms with E-state index in [4.69, 9.17) is 4.74 Å². The van der Waals surface area contributed by atoms with Gasteiger partial charge in [0.05, 0.1) is 13.2 Å². The van der Waals surface area contributed by atoms with Gasteiger partial charge in [0, 0.05) is 33.4 Å². The zero-order chi connectivity index (χ0) is 14.8. The van der Waals surface area contributed by atoms with Gasteiger partial charge in [-0.3, -0.25) is 4.79 Å². The monoisotopic (exact) mass is 281 g/mol. The van der Waals surface area contributed by atoms with Gasteiger partial charge < -0.3 is 20.3 Å². The first-order valence-corrected chi connectivity index (χ1v) is 6.71. The predicted molar refractivity (Wildman–Crippen MR) is 79.0 cm³/mol. The smallest absolute Gasteiger partial charge is 0.239 e. The van der Waals surface area contributed by atoms with Crippen molar-refractivity contribution in [2.75, 3.05) is 50.6 Å². The summed E-state index contributed by atoms with van der Waals surface area (Å²) in [7, 11) is 3.42. The molecule has 1 amide bonds. The molecule has 0 saturated heterocycles. The molecule has 0 saturated carbocycles. The lowest BCUT2D eigenvalue weighted by Crippen LogP contribution is -2.37. The number of carbonyl (C=O) groups excluding carboxylic acids is 1. The van der Waals surface area contributed by atoms with Gasteiger partial charge in [-0.1, -0.05) is 6.92 Å². The van der Waals surface area contributed by atoms with Crippen LogP contribution in [0.2, 0.25) is 0 Å². The van der Waals surface area contributed by atoms with E-state index in [2.05, 4.69) is 27.5 Å². The molecule has 0 unspecified atom stereocenters. The average molecular weight is 281 g/mol. The van der Waals surface area contributed by atoms with Gasteiger partial charge in [0.1, 0.15) is 5.82 Å². The fraction of sp³-hybridized carbons (Fsp3) is 0.615. The number of hydrogen-bond acceptors (Lipinski definition) is 6. The minimum atomic E-state index is -0.0637. The van der Waals surface area contributed by atoms with E-state index in [-0.39, 0.29) is 12.5 Å². The number of methoxy groups -OCH3 is 1. The Labute approximate surface area is 119 Å². The fourth-order valence-electron chi connectivity index (χ4n) is 1.53. The summed E-state index contributed by atoms with van der Waals surface area (Å²) in [5.74, 6) is 1.22. The summed E-state index contributed by atoms with van der Waals surface area (Å²) >= 11 is 0. The molecule has 0 aliphatic heterocycles. The molecule has 1 heterocycles. The largest absolute Gasteiger partial charge is 0.383 e. The molecule has 1 aromatic heterocycles. The van der Waals surface area contributed by atoms with E-state index in [0.29, 0.717) is 24.9 Å². The van der Waals surface area contributed by atoms with Crippen LogP contribution in [0.3, 0.4) is 0 Å². The molecule has 112 valence electrons. The normalized spacial score (nSPS) is 10.2. The maximum Gasteiger partial charge on any atom is 0.239 e. The zero-order valence-corrected chi connectivity index (χ0v) is 12.3. The lowest BCUT2D eigenvalue weighted by molar-refractivity contribution is -0.119. The van der Waals surface area contributed by atoms with Gasteiger partial charge in [-0.2, -0.15) is 4.98 Å². The summed E-state index contributed by atoms with van der Waals surface area (Å²) in [4.78, 5) is 22.0. The van der Waals surface area contributed by atoms with Crippen molar-refractivity contribution in [3.05, 3.63) is 12.3 Å². The van der Waals surface area contributed by atoms with Gasteiger partial charge in [-0.25, -0.2) is 4.98 Å². The molecular formula is C13H23N5O2. The van der Waals surface area contributed by atoms with Crippen LogP contribution in [0, 0.1) is 0 Å². The molecule has 7 nitrogen and oxygen atoms in total. The first-order valence-electron chi connectivity index (χ1n) is 6.71. The third-order valence-electron chi connectivity index (χ3n) is 2.57. The number of nitrogens with zero attached hydrogens (tertiary/aromatic N) is 3. The Morgan fingerprint density at radius 2 is 2.25 bits per heavy atom. The number of aromatic nitrogens is 2. The number of likely N-dealkylation sites (N-methyl/N-ethyl adjacent to an activating group) is 1.